The van der Waals surface area contributed by atoms with Gasteiger partial charge in [0.25, 0.3) is 0 Å². The number of aliphatic hydroxyl groups is 1. The van der Waals surface area contributed by atoms with Gasteiger partial charge in [0.1, 0.15) is 5.54 Å². The van der Waals surface area contributed by atoms with Gasteiger partial charge in [-0.15, -0.1) is 0 Å². The van der Waals surface area contributed by atoms with E-state index in [1.54, 1.807) is 0 Å². The van der Waals surface area contributed by atoms with Gasteiger partial charge in [-0.2, -0.15) is 0 Å². The van der Waals surface area contributed by atoms with Crippen LogP contribution in [0.15, 0.2) is 0 Å². The number of aliphatic carboxylic acids is 4. The molecule has 0 rings (SSSR count). The van der Waals surface area contributed by atoms with E-state index in [4.69, 9.17) is 25.5 Å². The maximum atomic E-state index is 11.2. The quantitative estimate of drug-likeness (QED) is 0.300. The van der Waals surface area contributed by atoms with Gasteiger partial charge in [-0.1, -0.05) is 0 Å². The molecular formula is C9H13NO9. The van der Waals surface area contributed by atoms with E-state index in [9.17, 15) is 19.2 Å². The third-order valence-electron chi connectivity index (χ3n) is 2.39. The van der Waals surface area contributed by atoms with Gasteiger partial charge >= 0.3 is 23.9 Å². The molecule has 0 bridgehead atoms. The lowest BCUT2D eigenvalue weighted by atomic mass is 9.89. The van der Waals surface area contributed by atoms with Crippen molar-refractivity contribution in [3.05, 3.63) is 0 Å². The van der Waals surface area contributed by atoms with Gasteiger partial charge in [0.2, 0.25) is 0 Å². The zero-order valence-electron chi connectivity index (χ0n) is 9.64. The van der Waals surface area contributed by atoms with Gasteiger partial charge in [-0.3, -0.25) is 24.1 Å². The molecule has 0 aromatic heterocycles. The Morgan fingerprint density at radius 2 is 1.26 bits per heavy atom. The van der Waals surface area contributed by atoms with E-state index in [2.05, 4.69) is 0 Å². The predicted octanol–water partition coefficient (Wildman–Crippen LogP) is -1.90. The van der Waals surface area contributed by atoms with Gasteiger partial charge in [0.15, 0.2) is 0 Å². The summed E-state index contributed by atoms with van der Waals surface area (Å²) in [6, 6.07) is 0. The Balaban J connectivity index is 5.62. The number of hydrogen-bond acceptors (Lipinski definition) is 6. The molecule has 0 saturated carbocycles. The van der Waals surface area contributed by atoms with Crippen LogP contribution < -0.4 is 0 Å². The summed E-state index contributed by atoms with van der Waals surface area (Å²) in [5, 5.41) is 44.0. The molecule has 0 aliphatic carbocycles. The molecule has 0 unspecified atom stereocenters. The van der Waals surface area contributed by atoms with E-state index in [1.165, 1.54) is 0 Å². The third kappa shape index (κ3) is 4.52. The second-order valence-corrected chi connectivity index (χ2v) is 3.71. The normalized spacial score (nSPS) is 11.3. The minimum Gasteiger partial charge on any atom is -0.481 e. The molecule has 108 valence electrons. The summed E-state index contributed by atoms with van der Waals surface area (Å²) in [5.41, 5.74) is -2.54. The molecule has 0 atom stereocenters. The van der Waals surface area contributed by atoms with Crippen LogP contribution in [0.4, 0.5) is 0 Å². The van der Waals surface area contributed by atoms with Gasteiger partial charge in [0.05, 0.1) is 26.1 Å². The number of aliphatic hydroxyl groups excluding tert-OH is 1. The maximum Gasteiger partial charge on any atom is 0.325 e. The lowest BCUT2D eigenvalue weighted by Crippen LogP contribution is -2.58. The second kappa shape index (κ2) is 6.66. The summed E-state index contributed by atoms with van der Waals surface area (Å²) in [7, 11) is 0. The highest BCUT2D eigenvalue weighted by Gasteiger charge is 2.48. The van der Waals surface area contributed by atoms with Crippen LogP contribution in [-0.2, 0) is 19.2 Å². The zero-order valence-corrected chi connectivity index (χ0v) is 9.64. The molecule has 0 saturated heterocycles. The first-order valence-electron chi connectivity index (χ1n) is 4.90. The van der Waals surface area contributed by atoms with E-state index in [0.717, 1.165) is 0 Å². The van der Waals surface area contributed by atoms with Gasteiger partial charge in [0, 0.05) is 0 Å². The summed E-state index contributed by atoms with van der Waals surface area (Å²) >= 11 is 0. The predicted molar refractivity (Wildman–Crippen MR) is 56.3 cm³/mol. The molecule has 0 aliphatic heterocycles. The molecule has 0 spiro atoms. The standard InChI is InChI=1S/C9H13NO9/c11-4-10(3-7(16)17)9(8(18)19,1-5(12)13)2-6(14)15/h11H,1-4H2,(H,12,13)(H,14,15)(H,16,17)(H,18,19). The fourth-order valence-electron chi connectivity index (χ4n) is 1.57. The Bertz CT molecular complexity index is 375. The SMILES string of the molecule is O=C(O)CN(CO)C(CC(=O)O)(CC(=O)O)C(=O)O. The van der Waals surface area contributed by atoms with Crippen LogP contribution >= 0.6 is 0 Å². The summed E-state index contributed by atoms with van der Waals surface area (Å²) in [6.45, 7) is -2.12. The van der Waals surface area contributed by atoms with E-state index < -0.39 is 55.5 Å². The lowest BCUT2D eigenvalue weighted by Gasteiger charge is -2.36. The Labute approximate surface area is 106 Å². The van der Waals surface area contributed by atoms with Crippen molar-refractivity contribution in [3.63, 3.8) is 0 Å². The highest BCUT2D eigenvalue weighted by atomic mass is 16.4. The van der Waals surface area contributed by atoms with Crippen molar-refractivity contribution in [2.45, 2.75) is 18.4 Å². The average Bonchev–Trinajstić information content (AvgIpc) is 2.22. The molecular weight excluding hydrogens is 266 g/mol. The number of carboxylic acids is 4. The first-order valence-corrected chi connectivity index (χ1v) is 4.90. The molecule has 0 aromatic carbocycles. The van der Waals surface area contributed by atoms with Gasteiger partial charge < -0.3 is 25.5 Å². The van der Waals surface area contributed by atoms with Crippen LogP contribution in [0.2, 0.25) is 0 Å². The summed E-state index contributed by atoms with van der Waals surface area (Å²) in [6.07, 6.45) is -2.33. The van der Waals surface area contributed by atoms with Crippen molar-refractivity contribution in [3.8, 4) is 0 Å². The number of carboxylic acid groups (broad SMARTS) is 4. The fraction of sp³-hybridized carbons (Fsp3) is 0.556. The van der Waals surface area contributed by atoms with Crippen molar-refractivity contribution < 1.29 is 44.7 Å². The van der Waals surface area contributed by atoms with E-state index in [1.807, 2.05) is 0 Å². The number of rotatable bonds is 9. The summed E-state index contributed by atoms with van der Waals surface area (Å²) < 4.78 is 0. The number of nitrogens with zero attached hydrogens (tertiary/aromatic N) is 1. The Morgan fingerprint density at radius 1 is 0.842 bits per heavy atom. The van der Waals surface area contributed by atoms with Gasteiger partial charge in [-0.05, 0) is 0 Å². The first-order chi connectivity index (χ1) is 8.65. The average molecular weight is 279 g/mol. The van der Waals surface area contributed by atoms with E-state index in [-0.39, 0.29) is 0 Å². The lowest BCUT2D eigenvalue weighted by molar-refractivity contribution is -0.169. The minimum absolute atomic E-state index is 0.375. The number of hydrogen-bond donors (Lipinski definition) is 5. The largest absolute Gasteiger partial charge is 0.481 e. The molecule has 0 aliphatic rings. The Hall–Kier alpha value is -2.20. The molecule has 10 nitrogen and oxygen atoms in total. The van der Waals surface area contributed by atoms with Crippen LogP contribution in [0, 0.1) is 0 Å². The first kappa shape index (κ1) is 16.8. The highest BCUT2D eigenvalue weighted by molar-refractivity contribution is 5.90. The molecule has 0 heterocycles. The Morgan fingerprint density at radius 3 is 1.47 bits per heavy atom. The zero-order chi connectivity index (χ0) is 15.2. The summed E-state index contributed by atoms with van der Waals surface area (Å²) in [5.74, 6) is -6.64. The molecule has 0 fully saturated rings. The topological polar surface area (TPSA) is 173 Å². The van der Waals surface area contributed by atoms with Gasteiger partial charge in [-0.25, -0.2) is 0 Å². The van der Waals surface area contributed by atoms with Crippen molar-refractivity contribution in [1.29, 1.82) is 0 Å². The van der Waals surface area contributed by atoms with Crippen molar-refractivity contribution in [2.75, 3.05) is 13.3 Å². The molecule has 0 radical (unpaired) electrons. The monoisotopic (exact) mass is 279 g/mol. The van der Waals surface area contributed by atoms with E-state index >= 15 is 0 Å². The fourth-order valence-corrected chi connectivity index (χ4v) is 1.57. The maximum absolute atomic E-state index is 11.2. The second-order valence-electron chi connectivity index (χ2n) is 3.71. The molecule has 10 heteroatoms. The third-order valence-corrected chi connectivity index (χ3v) is 2.39. The van der Waals surface area contributed by atoms with Crippen LogP contribution in [-0.4, -0.2) is 73.1 Å². The number of carbonyl (C=O) groups is 4. The van der Waals surface area contributed by atoms with Crippen LogP contribution in [0.25, 0.3) is 0 Å². The molecule has 19 heavy (non-hydrogen) atoms. The van der Waals surface area contributed by atoms with Crippen LogP contribution in [0.1, 0.15) is 12.8 Å². The van der Waals surface area contributed by atoms with Crippen LogP contribution in [0.3, 0.4) is 0 Å². The minimum atomic E-state index is -2.54. The molecule has 5 N–H and O–H groups in total. The van der Waals surface area contributed by atoms with E-state index in [0.29, 0.717) is 4.90 Å². The summed E-state index contributed by atoms with van der Waals surface area (Å²) in [4.78, 5) is 43.5. The van der Waals surface area contributed by atoms with Crippen LogP contribution in [0.5, 0.6) is 0 Å². The highest BCUT2D eigenvalue weighted by Crippen LogP contribution is 2.25. The smallest absolute Gasteiger partial charge is 0.325 e. The van der Waals surface area contributed by atoms with Crippen molar-refractivity contribution >= 4 is 23.9 Å². The molecule has 0 amide bonds. The van der Waals surface area contributed by atoms with Crippen molar-refractivity contribution in [2.24, 2.45) is 0 Å². The molecule has 0 aromatic rings. The Kier molecular flexibility index (Phi) is 5.89. The van der Waals surface area contributed by atoms with Crippen molar-refractivity contribution in [1.82, 2.24) is 4.90 Å².